The van der Waals surface area contributed by atoms with Crippen LogP contribution < -0.4 is 10.6 Å². The molecule has 1 fully saturated rings. The van der Waals surface area contributed by atoms with Gasteiger partial charge in [0.05, 0.1) is 10.7 Å². The van der Waals surface area contributed by atoms with Crippen molar-refractivity contribution < 1.29 is 14.3 Å². The molecule has 0 saturated heterocycles. The van der Waals surface area contributed by atoms with Crippen LogP contribution in [-0.4, -0.2) is 29.5 Å². The maximum absolute atomic E-state index is 13.0. The zero-order chi connectivity index (χ0) is 21.0. The molecular weight excluding hydrogens is 437 g/mol. The van der Waals surface area contributed by atoms with E-state index < -0.39 is 12.6 Å². The van der Waals surface area contributed by atoms with Gasteiger partial charge in [-0.15, -0.1) is 0 Å². The highest BCUT2D eigenvalue weighted by Crippen LogP contribution is 2.34. The lowest BCUT2D eigenvalue weighted by Crippen LogP contribution is -2.43. The molecule has 0 atom stereocenters. The van der Waals surface area contributed by atoms with Gasteiger partial charge >= 0.3 is 5.97 Å². The van der Waals surface area contributed by atoms with Crippen LogP contribution in [0.2, 0.25) is 15.2 Å². The highest BCUT2D eigenvalue weighted by Gasteiger charge is 2.28. The van der Waals surface area contributed by atoms with E-state index in [1.54, 1.807) is 4.90 Å². The number of benzene rings is 1. The molecule has 1 heterocycles. The quantitative estimate of drug-likeness (QED) is 0.497. The van der Waals surface area contributed by atoms with E-state index in [2.05, 4.69) is 4.98 Å². The Hall–Kier alpha value is -2.02. The van der Waals surface area contributed by atoms with Crippen LogP contribution in [0.25, 0.3) is 0 Å². The van der Waals surface area contributed by atoms with Crippen LogP contribution in [0.1, 0.15) is 42.6 Å². The van der Waals surface area contributed by atoms with Crippen molar-refractivity contribution in [1.82, 2.24) is 4.98 Å². The molecule has 6 nitrogen and oxygen atoms in total. The Morgan fingerprint density at radius 3 is 2.38 bits per heavy atom. The topological polar surface area (TPSA) is 85.5 Å². The predicted octanol–water partition coefficient (Wildman–Crippen LogP) is 5.15. The summed E-state index contributed by atoms with van der Waals surface area (Å²) in [7, 11) is 0. The van der Waals surface area contributed by atoms with Crippen LogP contribution in [0.4, 0.5) is 11.4 Å². The minimum atomic E-state index is -0.898. The van der Waals surface area contributed by atoms with Gasteiger partial charge < -0.3 is 15.4 Å². The molecule has 0 unspecified atom stereocenters. The maximum Gasteiger partial charge on any atom is 0.359 e. The highest BCUT2D eigenvalue weighted by molar-refractivity contribution is 6.46. The van der Waals surface area contributed by atoms with Gasteiger partial charge in [0.25, 0.3) is 5.91 Å². The number of hydrogen-bond donors (Lipinski definition) is 1. The van der Waals surface area contributed by atoms with E-state index in [-0.39, 0.29) is 38.5 Å². The van der Waals surface area contributed by atoms with Crippen LogP contribution in [0, 0.1) is 0 Å². The minimum Gasteiger partial charge on any atom is -0.451 e. The van der Waals surface area contributed by atoms with Crippen molar-refractivity contribution in [2.45, 2.75) is 38.1 Å². The van der Waals surface area contributed by atoms with Crippen molar-refractivity contribution in [2.75, 3.05) is 17.2 Å². The molecule has 29 heavy (non-hydrogen) atoms. The number of nitrogens with zero attached hydrogens (tertiary/aromatic N) is 2. The Kier molecular flexibility index (Phi) is 7.22. The number of rotatable bonds is 5. The molecular formula is C20H20Cl3N3O3. The lowest BCUT2D eigenvalue weighted by molar-refractivity contribution is -0.122. The van der Waals surface area contributed by atoms with Gasteiger partial charge in [-0.05, 0) is 25.0 Å². The Morgan fingerprint density at radius 1 is 1.07 bits per heavy atom. The molecule has 2 aromatic rings. The van der Waals surface area contributed by atoms with E-state index in [4.69, 9.17) is 45.3 Å². The maximum atomic E-state index is 13.0. The average Bonchev–Trinajstić information content (AvgIpc) is 2.75. The number of pyridine rings is 1. The molecule has 1 aliphatic carbocycles. The molecule has 0 bridgehead atoms. The highest BCUT2D eigenvalue weighted by atomic mass is 35.5. The first-order valence-electron chi connectivity index (χ1n) is 9.24. The number of nitrogens with two attached hydrogens (primary N) is 1. The lowest BCUT2D eigenvalue weighted by Gasteiger charge is -2.34. The number of nitrogen functional groups attached to an aromatic ring is 1. The van der Waals surface area contributed by atoms with Gasteiger partial charge in [-0.25, -0.2) is 9.78 Å². The second-order valence-electron chi connectivity index (χ2n) is 6.76. The number of hydrogen-bond acceptors (Lipinski definition) is 5. The molecule has 1 amide bonds. The molecule has 9 heteroatoms. The number of aromatic nitrogens is 1. The number of para-hydroxylation sites is 1. The van der Waals surface area contributed by atoms with E-state index in [1.165, 1.54) is 0 Å². The fourth-order valence-corrected chi connectivity index (χ4v) is 4.00. The van der Waals surface area contributed by atoms with E-state index in [1.807, 2.05) is 30.3 Å². The number of halogens is 3. The smallest absolute Gasteiger partial charge is 0.359 e. The zero-order valence-corrected chi connectivity index (χ0v) is 17.8. The fourth-order valence-electron chi connectivity index (χ4n) is 3.42. The second kappa shape index (κ2) is 9.65. The largest absolute Gasteiger partial charge is 0.451 e. The zero-order valence-electron chi connectivity index (χ0n) is 15.5. The summed E-state index contributed by atoms with van der Waals surface area (Å²) >= 11 is 17.8. The Labute approximate surface area is 183 Å². The number of carbonyl (C=O) groups is 2. The molecule has 1 aromatic carbocycles. The third-order valence-corrected chi connectivity index (χ3v) is 5.97. The number of anilines is 2. The first-order valence-corrected chi connectivity index (χ1v) is 10.4. The van der Waals surface area contributed by atoms with E-state index in [9.17, 15) is 9.59 Å². The van der Waals surface area contributed by atoms with Gasteiger partial charge in [0, 0.05) is 11.7 Å². The summed E-state index contributed by atoms with van der Waals surface area (Å²) in [6.45, 7) is -0.456. The van der Waals surface area contributed by atoms with E-state index in [0.29, 0.717) is 0 Å². The van der Waals surface area contributed by atoms with Crippen molar-refractivity contribution in [3.63, 3.8) is 0 Å². The van der Waals surface area contributed by atoms with Crippen LogP contribution >= 0.6 is 34.8 Å². The fraction of sp³-hybridized carbons (Fsp3) is 0.350. The summed E-state index contributed by atoms with van der Waals surface area (Å²) in [5.74, 6) is -1.22. The third kappa shape index (κ3) is 4.94. The van der Waals surface area contributed by atoms with Crippen molar-refractivity contribution in [1.29, 1.82) is 0 Å². The summed E-state index contributed by atoms with van der Waals surface area (Å²) in [5.41, 5.74) is 6.15. The molecule has 1 saturated carbocycles. The monoisotopic (exact) mass is 455 g/mol. The van der Waals surface area contributed by atoms with E-state index >= 15 is 0 Å². The van der Waals surface area contributed by atoms with Crippen LogP contribution in [-0.2, 0) is 9.53 Å². The van der Waals surface area contributed by atoms with Gasteiger partial charge in [0.15, 0.2) is 17.5 Å². The molecule has 0 radical (unpaired) electrons. The Morgan fingerprint density at radius 2 is 1.72 bits per heavy atom. The Balaban J connectivity index is 1.76. The summed E-state index contributed by atoms with van der Waals surface area (Å²) < 4.78 is 5.18. The standard InChI is InChI=1S/C20H20Cl3N3O3/c21-15-17(24)16(22)19(23)25-18(15)20(28)29-11-14(27)26(12-7-3-1-4-8-12)13-9-5-2-6-10-13/h1,3-4,7-8,13H,2,5-6,9-11H2,(H2,24,25). The predicted molar refractivity (Wildman–Crippen MR) is 115 cm³/mol. The van der Waals surface area contributed by atoms with Crippen LogP contribution in [0.15, 0.2) is 30.3 Å². The number of amides is 1. The van der Waals surface area contributed by atoms with Crippen molar-refractivity contribution in [2.24, 2.45) is 0 Å². The molecule has 1 aliphatic rings. The van der Waals surface area contributed by atoms with Gasteiger partial charge in [-0.2, -0.15) is 0 Å². The molecule has 154 valence electrons. The van der Waals surface area contributed by atoms with Crippen molar-refractivity contribution >= 4 is 58.1 Å². The Bertz CT molecular complexity index is 903. The summed E-state index contributed by atoms with van der Waals surface area (Å²) in [5, 5.41) is -0.374. The SMILES string of the molecule is Nc1c(Cl)c(Cl)nc(C(=O)OCC(=O)N(c2ccccc2)C2CCCCC2)c1Cl. The minimum absolute atomic E-state index is 0.0446. The van der Waals surface area contributed by atoms with Crippen LogP contribution in [0.3, 0.4) is 0 Å². The summed E-state index contributed by atoms with van der Waals surface area (Å²) in [6, 6.07) is 9.42. The number of carbonyl (C=O) groups excluding carboxylic acids is 2. The van der Waals surface area contributed by atoms with E-state index in [0.717, 1.165) is 37.8 Å². The van der Waals surface area contributed by atoms with Gasteiger partial charge in [0.2, 0.25) is 0 Å². The summed E-state index contributed by atoms with van der Waals surface area (Å²) in [4.78, 5) is 30.9. The molecule has 0 aliphatic heterocycles. The van der Waals surface area contributed by atoms with Crippen LogP contribution in [0.5, 0.6) is 0 Å². The third-order valence-electron chi connectivity index (χ3n) is 4.83. The molecule has 2 N–H and O–H groups in total. The lowest BCUT2D eigenvalue weighted by atomic mass is 9.93. The average molecular weight is 457 g/mol. The van der Waals surface area contributed by atoms with Gasteiger partial charge in [-0.1, -0.05) is 72.3 Å². The van der Waals surface area contributed by atoms with Gasteiger partial charge in [-0.3, -0.25) is 4.79 Å². The molecule has 0 spiro atoms. The number of esters is 1. The second-order valence-corrected chi connectivity index (χ2v) is 7.87. The number of ether oxygens (including phenoxy) is 1. The molecule has 3 rings (SSSR count). The normalized spacial score (nSPS) is 14.4. The summed E-state index contributed by atoms with van der Waals surface area (Å²) in [6.07, 6.45) is 5.09. The van der Waals surface area contributed by atoms with Gasteiger partial charge in [0.1, 0.15) is 5.02 Å². The first kappa shape index (κ1) is 21.7. The van der Waals surface area contributed by atoms with Crippen molar-refractivity contribution in [3.8, 4) is 0 Å². The molecule has 1 aromatic heterocycles. The first-order chi connectivity index (χ1) is 13.9. The van der Waals surface area contributed by atoms with Crippen molar-refractivity contribution in [3.05, 3.63) is 51.2 Å².